The molecule has 0 N–H and O–H groups in total. The monoisotopic (exact) mass is 328 g/mol. The highest BCUT2D eigenvalue weighted by molar-refractivity contribution is 6.68. The number of benzene rings is 2. The number of hydrogen-bond acceptors (Lipinski definition) is 4. The fourth-order valence-corrected chi connectivity index (χ4v) is 2.96. The lowest BCUT2D eigenvalue weighted by Gasteiger charge is -2.03. The molecule has 0 unspecified atom stereocenters. The maximum atomic E-state index is 11.4. The van der Waals surface area contributed by atoms with Crippen molar-refractivity contribution in [1.82, 2.24) is 0 Å². The summed E-state index contributed by atoms with van der Waals surface area (Å²) in [5, 5.41) is 1.66. The molecule has 22 heavy (non-hydrogen) atoms. The number of carbonyl (C=O) groups excluding carboxylic acids is 2. The van der Waals surface area contributed by atoms with Gasteiger partial charge in [0.1, 0.15) is 11.4 Å². The van der Waals surface area contributed by atoms with Crippen molar-refractivity contribution >= 4 is 56.6 Å². The van der Waals surface area contributed by atoms with E-state index in [1.54, 1.807) is 12.2 Å². The van der Waals surface area contributed by atoms with Crippen molar-refractivity contribution in [3.63, 3.8) is 0 Å². The molecule has 4 rings (SSSR count). The van der Waals surface area contributed by atoms with Gasteiger partial charge in [-0.3, -0.25) is 9.59 Å². The van der Waals surface area contributed by atoms with Crippen LogP contribution in [0.1, 0.15) is 11.1 Å². The Morgan fingerprint density at radius 3 is 1.55 bits per heavy atom. The summed E-state index contributed by atoms with van der Waals surface area (Å²) >= 11 is 11.1. The predicted molar refractivity (Wildman–Crippen MR) is 83.9 cm³/mol. The molecule has 6 heteroatoms. The fraction of sp³-hybridized carbons (Fsp3) is 0. The number of rotatable bonds is 2. The lowest BCUT2D eigenvalue weighted by molar-refractivity contribution is -0.109. The molecule has 4 nitrogen and oxygen atoms in total. The molecule has 0 fully saturated rings. The number of nitrogens with zero attached hydrogens (tertiary/aromatic N) is 2. The van der Waals surface area contributed by atoms with Crippen LogP contribution >= 0.6 is 23.2 Å². The second kappa shape index (κ2) is 4.60. The summed E-state index contributed by atoms with van der Waals surface area (Å²) in [6.07, 6.45) is 3.28. The summed E-state index contributed by atoms with van der Waals surface area (Å²) in [6, 6.07) is 7.65. The zero-order chi connectivity index (χ0) is 15.4. The number of halogens is 2. The number of allylic oxidation sites excluding steroid dienone is 2. The second-order valence-corrected chi connectivity index (χ2v) is 5.59. The zero-order valence-electron chi connectivity index (χ0n) is 10.9. The van der Waals surface area contributed by atoms with E-state index in [2.05, 4.69) is 9.98 Å². The third-order valence-corrected chi connectivity index (χ3v) is 4.06. The molecule has 0 aliphatic carbocycles. The molecule has 0 saturated carbocycles. The van der Waals surface area contributed by atoms with E-state index in [1.165, 1.54) is 0 Å². The van der Waals surface area contributed by atoms with Crippen molar-refractivity contribution in [3.8, 4) is 0 Å². The molecular weight excluding hydrogens is 323 g/mol. The van der Waals surface area contributed by atoms with Crippen molar-refractivity contribution in [3.05, 3.63) is 57.5 Å². The first kappa shape index (κ1) is 13.4. The predicted octanol–water partition coefficient (Wildman–Crippen LogP) is 2.32. The Balaban J connectivity index is 2.19. The average Bonchev–Trinajstić information content (AvgIpc) is 3.12. The van der Waals surface area contributed by atoms with E-state index in [0.29, 0.717) is 10.7 Å². The smallest absolute Gasteiger partial charge is 0.270 e. The quantitative estimate of drug-likeness (QED) is 0.794. The fourth-order valence-electron chi connectivity index (χ4n) is 2.76. The highest BCUT2D eigenvalue weighted by atomic mass is 35.5. The first-order valence-corrected chi connectivity index (χ1v) is 7.17. The number of fused-ring (bicyclic) bond motifs is 6. The lowest BCUT2D eigenvalue weighted by Crippen LogP contribution is -2.28. The molecule has 0 saturated heterocycles. The highest BCUT2D eigenvalue weighted by Gasteiger charge is 2.22. The molecule has 0 bridgehead atoms. The topological polar surface area (TPSA) is 58.9 Å². The van der Waals surface area contributed by atoms with E-state index >= 15 is 0 Å². The third-order valence-electron chi connectivity index (χ3n) is 3.67. The third kappa shape index (κ3) is 1.78. The summed E-state index contributed by atoms with van der Waals surface area (Å²) in [5.41, 5.74) is 1.88. The first-order chi connectivity index (χ1) is 10.6. The number of hydrogen-bond donors (Lipinski definition) is 0. The molecule has 2 aromatic carbocycles. The van der Waals surface area contributed by atoms with E-state index in [1.807, 2.05) is 24.3 Å². The van der Waals surface area contributed by atoms with Gasteiger partial charge < -0.3 is 0 Å². The molecule has 2 aromatic rings. The molecule has 0 amide bonds. The molecule has 2 aliphatic rings. The van der Waals surface area contributed by atoms with Crippen LogP contribution < -0.4 is 10.7 Å². The van der Waals surface area contributed by atoms with Crippen LogP contribution in [0.2, 0.25) is 0 Å². The largest absolute Gasteiger partial charge is 0.274 e. The van der Waals surface area contributed by atoms with Gasteiger partial charge in [-0.1, -0.05) is 24.3 Å². The van der Waals surface area contributed by atoms with Gasteiger partial charge in [0.25, 0.3) is 10.5 Å². The van der Waals surface area contributed by atoms with Gasteiger partial charge in [-0.05, 0) is 46.1 Å². The van der Waals surface area contributed by atoms with Crippen LogP contribution in [-0.4, -0.2) is 10.5 Å². The Morgan fingerprint density at radius 1 is 0.773 bits per heavy atom. The van der Waals surface area contributed by atoms with E-state index in [-0.39, 0.29) is 11.4 Å². The Bertz CT molecular complexity index is 995. The normalized spacial score (nSPS) is 14.6. The summed E-state index contributed by atoms with van der Waals surface area (Å²) in [4.78, 5) is 31.3. The molecular formula is C16H6Cl2N2O2. The minimum atomic E-state index is -0.631. The highest BCUT2D eigenvalue weighted by Crippen LogP contribution is 2.26. The maximum Gasteiger partial charge on any atom is 0.270 e. The molecule has 106 valence electrons. The molecule has 0 aromatic heterocycles. The van der Waals surface area contributed by atoms with Gasteiger partial charge in [0.2, 0.25) is 0 Å². The summed E-state index contributed by atoms with van der Waals surface area (Å²) in [5.74, 6) is 0. The van der Waals surface area contributed by atoms with Crippen LogP contribution in [0.25, 0.3) is 22.9 Å². The molecule has 0 atom stereocenters. The van der Waals surface area contributed by atoms with E-state index in [0.717, 1.165) is 21.9 Å². The Labute approximate surface area is 134 Å². The van der Waals surface area contributed by atoms with Gasteiger partial charge in [0.15, 0.2) is 0 Å². The van der Waals surface area contributed by atoms with Crippen LogP contribution in [-0.2, 0) is 9.59 Å². The summed E-state index contributed by atoms with van der Waals surface area (Å²) < 4.78 is 0. The van der Waals surface area contributed by atoms with Crippen molar-refractivity contribution < 1.29 is 9.59 Å². The van der Waals surface area contributed by atoms with E-state index in [4.69, 9.17) is 23.2 Å². The van der Waals surface area contributed by atoms with Gasteiger partial charge in [-0.15, -0.1) is 0 Å². The van der Waals surface area contributed by atoms with Crippen molar-refractivity contribution in [2.24, 2.45) is 9.98 Å². The minimum absolute atomic E-state index is 0.163. The van der Waals surface area contributed by atoms with Gasteiger partial charge in [-0.2, -0.15) is 0 Å². The number of carbonyl (C=O) groups is 2. The van der Waals surface area contributed by atoms with Gasteiger partial charge in [-0.25, -0.2) is 9.98 Å². The zero-order valence-corrected chi connectivity index (χ0v) is 12.4. The maximum absolute atomic E-state index is 11.4. The Kier molecular flexibility index (Phi) is 2.79. The van der Waals surface area contributed by atoms with Crippen LogP contribution in [0, 0.1) is 0 Å². The molecule has 0 radical (unpaired) electrons. The van der Waals surface area contributed by atoms with E-state index in [9.17, 15) is 9.59 Å². The lowest BCUT2D eigenvalue weighted by atomic mass is 9.98. The molecule has 0 spiro atoms. The van der Waals surface area contributed by atoms with E-state index < -0.39 is 10.5 Å². The Morgan fingerprint density at radius 2 is 1.18 bits per heavy atom. The minimum Gasteiger partial charge on any atom is -0.274 e. The standard InChI is InChI=1S/C16H6Cl2N2O2/c17-15(21)11-5-9-7-3-1-2-4-8(7)10-6-12(16(18)22)20-14(10)13(9)19-11/h1-6H. The SMILES string of the molecule is O=C(Cl)C1=Cc2c(c3c(c4ccccc24)C=C(C(=O)Cl)N=3)=N1. The van der Waals surface area contributed by atoms with Crippen molar-refractivity contribution in [2.75, 3.05) is 0 Å². The summed E-state index contributed by atoms with van der Waals surface area (Å²) in [6.45, 7) is 0. The summed E-state index contributed by atoms with van der Waals surface area (Å²) in [7, 11) is 0. The van der Waals surface area contributed by atoms with Crippen LogP contribution in [0.5, 0.6) is 0 Å². The van der Waals surface area contributed by atoms with Gasteiger partial charge >= 0.3 is 0 Å². The van der Waals surface area contributed by atoms with Gasteiger partial charge in [0.05, 0.1) is 10.7 Å². The Hall–Kier alpha value is -2.30. The molecule has 2 heterocycles. The van der Waals surface area contributed by atoms with Crippen molar-refractivity contribution in [1.29, 1.82) is 0 Å². The van der Waals surface area contributed by atoms with Crippen LogP contribution in [0.15, 0.2) is 45.6 Å². The van der Waals surface area contributed by atoms with Crippen molar-refractivity contribution in [2.45, 2.75) is 0 Å². The first-order valence-electron chi connectivity index (χ1n) is 6.41. The second-order valence-electron chi connectivity index (χ2n) is 4.90. The van der Waals surface area contributed by atoms with Crippen LogP contribution in [0.4, 0.5) is 0 Å². The molecule has 2 aliphatic heterocycles. The average molecular weight is 329 g/mol. The van der Waals surface area contributed by atoms with Crippen LogP contribution in [0.3, 0.4) is 0 Å². The van der Waals surface area contributed by atoms with Gasteiger partial charge in [0, 0.05) is 11.1 Å².